The van der Waals surface area contributed by atoms with Gasteiger partial charge in [0.05, 0.1) is 17.8 Å². The number of oxazole rings is 1. The molecule has 2 aromatic heterocycles. The molecule has 9 heteroatoms. The van der Waals surface area contributed by atoms with Crippen LogP contribution in [0.3, 0.4) is 0 Å². The van der Waals surface area contributed by atoms with Crippen LogP contribution in [-0.2, 0) is 11.3 Å². The molecule has 0 radical (unpaired) electrons. The summed E-state index contributed by atoms with van der Waals surface area (Å²) in [5, 5.41) is 2.77. The number of carbonyl (C=O) groups excluding carboxylic acids is 2. The van der Waals surface area contributed by atoms with E-state index in [0.717, 1.165) is 19.3 Å². The molecule has 168 valence electrons. The van der Waals surface area contributed by atoms with Gasteiger partial charge in [0.2, 0.25) is 5.91 Å². The number of fused-ring (bicyclic) bond motifs is 1. The maximum Gasteiger partial charge on any atom is 0.420 e. The molecule has 0 aliphatic carbocycles. The molecule has 1 fully saturated rings. The minimum absolute atomic E-state index is 0.0116. The summed E-state index contributed by atoms with van der Waals surface area (Å²) in [4.78, 5) is 43.5. The molecule has 1 saturated heterocycles. The van der Waals surface area contributed by atoms with Crippen molar-refractivity contribution in [3.05, 3.63) is 52.8 Å². The SMILES string of the molecule is CC(C)Oc1ccc(C(=O)Nc2ccc3oc(=O)n(CC(=O)N4CCCCC4)c3c2)nc1. The van der Waals surface area contributed by atoms with Crippen LogP contribution in [0.5, 0.6) is 5.75 Å². The first-order chi connectivity index (χ1) is 15.4. The van der Waals surface area contributed by atoms with Gasteiger partial charge in [-0.15, -0.1) is 0 Å². The van der Waals surface area contributed by atoms with Crippen LogP contribution in [0, 0.1) is 0 Å². The Bertz CT molecular complexity index is 1170. The number of carbonyl (C=O) groups is 2. The standard InChI is InChI=1S/C23H26N4O5/c1-15(2)31-17-7-8-18(24-13-17)22(29)25-16-6-9-20-19(12-16)27(23(30)32-20)14-21(28)26-10-4-3-5-11-26/h6-9,12-13,15H,3-5,10-11,14H2,1-2H3,(H,25,29). The molecule has 0 saturated carbocycles. The van der Waals surface area contributed by atoms with E-state index in [9.17, 15) is 14.4 Å². The Morgan fingerprint density at radius 3 is 2.62 bits per heavy atom. The molecule has 4 rings (SSSR count). The number of amides is 2. The van der Waals surface area contributed by atoms with Gasteiger partial charge in [-0.25, -0.2) is 9.78 Å². The van der Waals surface area contributed by atoms with Gasteiger partial charge in [-0.05, 0) is 63.4 Å². The zero-order chi connectivity index (χ0) is 22.7. The summed E-state index contributed by atoms with van der Waals surface area (Å²) in [7, 11) is 0. The van der Waals surface area contributed by atoms with Gasteiger partial charge in [0, 0.05) is 18.8 Å². The molecule has 1 aliphatic rings. The van der Waals surface area contributed by atoms with Gasteiger partial charge in [-0.1, -0.05) is 0 Å². The monoisotopic (exact) mass is 438 g/mol. The van der Waals surface area contributed by atoms with E-state index in [-0.39, 0.29) is 24.2 Å². The minimum atomic E-state index is -0.601. The van der Waals surface area contributed by atoms with E-state index in [4.69, 9.17) is 9.15 Å². The Morgan fingerprint density at radius 2 is 1.94 bits per heavy atom. The smallest absolute Gasteiger partial charge is 0.420 e. The van der Waals surface area contributed by atoms with Crippen LogP contribution >= 0.6 is 0 Å². The lowest BCUT2D eigenvalue weighted by atomic mass is 10.1. The lowest BCUT2D eigenvalue weighted by molar-refractivity contribution is -0.132. The highest BCUT2D eigenvalue weighted by Crippen LogP contribution is 2.20. The normalized spacial score (nSPS) is 14.0. The van der Waals surface area contributed by atoms with Crippen molar-refractivity contribution in [2.45, 2.75) is 45.8 Å². The average molecular weight is 438 g/mol. The van der Waals surface area contributed by atoms with E-state index >= 15 is 0 Å². The molecule has 1 aromatic carbocycles. The number of anilines is 1. The summed E-state index contributed by atoms with van der Waals surface area (Å²) in [5.74, 6) is -0.533. The number of pyridine rings is 1. The number of nitrogens with zero attached hydrogens (tertiary/aromatic N) is 3. The summed E-state index contributed by atoms with van der Waals surface area (Å²) < 4.78 is 12.1. The number of aromatic nitrogens is 2. The predicted octanol–water partition coefficient (Wildman–Crippen LogP) is 3.04. The number of likely N-dealkylation sites (tertiary alicyclic amines) is 1. The summed E-state index contributed by atoms with van der Waals surface area (Å²) in [5.41, 5.74) is 1.50. The van der Waals surface area contributed by atoms with E-state index in [1.807, 2.05) is 13.8 Å². The minimum Gasteiger partial charge on any atom is -0.489 e. The summed E-state index contributed by atoms with van der Waals surface area (Å²) >= 11 is 0. The van der Waals surface area contributed by atoms with Crippen LogP contribution in [0.25, 0.3) is 11.1 Å². The van der Waals surface area contributed by atoms with Crippen LogP contribution < -0.4 is 15.8 Å². The Kier molecular flexibility index (Phi) is 6.25. The molecular formula is C23H26N4O5. The largest absolute Gasteiger partial charge is 0.489 e. The van der Waals surface area contributed by atoms with E-state index in [2.05, 4.69) is 10.3 Å². The quantitative estimate of drug-likeness (QED) is 0.634. The number of rotatable bonds is 6. The number of hydrogen-bond acceptors (Lipinski definition) is 6. The third-order valence-electron chi connectivity index (χ3n) is 5.27. The Labute approximate surface area is 185 Å². The Hall–Kier alpha value is -3.62. The van der Waals surface area contributed by atoms with Crippen molar-refractivity contribution in [2.75, 3.05) is 18.4 Å². The highest BCUT2D eigenvalue weighted by molar-refractivity contribution is 6.03. The van der Waals surface area contributed by atoms with Crippen LogP contribution in [0.2, 0.25) is 0 Å². The molecule has 32 heavy (non-hydrogen) atoms. The molecule has 3 heterocycles. The molecule has 1 aliphatic heterocycles. The first-order valence-electron chi connectivity index (χ1n) is 10.8. The summed E-state index contributed by atoms with van der Waals surface area (Å²) in [6.45, 7) is 5.14. The second-order valence-corrected chi connectivity index (χ2v) is 8.08. The number of nitrogens with one attached hydrogen (secondary N) is 1. The van der Waals surface area contributed by atoms with Crippen LogP contribution in [0.15, 0.2) is 45.7 Å². The molecule has 3 aromatic rings. The van der Waals surface area contributed by atoms with E-state index in [1.54, 1.807) is 35.2 Å². The van der Waals surface area contributed by atoms with E-state index < -0.39 is 11.7 Å². The van der Waals surface area contributed by atoms with Crippen molar-refractivity contribution in [1.82, 2.24) is 14.5 Å². The van der Waals surface area contributed by atoms with Gasteiger partial charge in [0.1, 0.15) is 18.0 Å². The van der Waals surface area contributed by atoms with Crippen LogP contribution in [-0.4, -0.2) is 45.5 Å². The molecule has 9 nitrogen and oxygen atoms in total. The van der Waals surface area contributed by atoms with Gasteiger partial charge in [-0.3, -0.25) is 14.2 Å². The van der Waals surface area contributed by atoms with Crippen LogP contribution in [0.4, 0.5) is 5.69 Å². The zero-order valence-electron chi connectivity index (χ0n) is 18.2. The summed E-state index contributed by atoms with van der Waals surface area (Å²) in [6.07, 6.45) is 4.57. The topological polar surface area (TPSA) is 107 Å². The van der Waals surface area contributed by atoms with Gasteiger partial charge < -0.3 is 19.4 Å². The average Bonchev–Trinajstić information content (AvgIpc) is 3.09. The first-order valence-corrected chi connectivity index (χ1v) is 10.8. The van der Waals surface area contributed by atoms with Gasteiger partial charge in [-0.2, -0.15) is 0 Å². The van der Waals surface area contributed by atoms with Gasteiger partial charge in [0.25, 0.3) is 5.91 Å². The van der Waals surface area contributed by atoms with Crippen molar-refractivity contribution < 1.29 is 18.7 Å². The van der Waals surface area contributed by atoms with E-state index in [1.165, 1.54) is 10.8 Å². The Morgan fingerprint density at radius 1 is 1.16 bits per heavy atom. The highest BCUT2D eigenvalue weighted by atomic mass is 16.5. The number of hydrogen-bond donors (Lipinski definition) is 1. The number of piperidine rings is 1. The maximum atomic E-state index is 12.6. The molecular weight excluding hydrogens is 412 g/mol. The fourth-order valence-corrected chi connectivity index (χ4v) is 3.72. The van der Waals surface area contributed by atoms with Crippen molar-refractivity contribution in [1.29, 1.82) is 0 Å². The maximum absolute atomic E-state index is 12.6. The molecule has 2 amide bonds. The van der Waals surface area contributed by atoms with Gasteiger partial charge >= 0.3 is 5.76 Å². The predicted molar refractivity (Wildman–Crippen MR) is 119 cm³/mol. The van der Waals surface area contributed by atoms with Crippen molar-refractivity contribution >= 4 is 28.6 Å². The fraction of sp³-hybridized carbons (Fsp3) is 0.391. The molecule has 1 N–H and O–H groups in total. The molecule has 0 unspecified atom stereocenters. The van der Waals surface area contributed by atoms with E-state index in [0.29, 0.717) is 35.6 Å². The highest BCUT2D eigenvalue weighted by Gasteiger charge is 2.20. The first kappa shape index (κ1) is 21.6. The number of benzene rings is 1. The second-order valence-electron chi connectivity index (χ2n) is 8.08. The lowest BCUT2D eigenvalue weighted by Crippen LogP contribution is -2.39. The van der Waals surface area contributed by atoms with Gasteiger partial charge in [0.15, 0.2) is 5.58 Å². The van der Waals surface area contributed by atoms with Crippen molar-refractivity contribution in [2.24, 2.45) is 0 Å². The lowest BCUT2D eigenvalue weighted by Gasteiger charge is -2.26. The molecule has 0 bridgehead atoms. The Balaban J connectivity index is 1.51. The number of ether oxygens (including phenoxy) is 1. The summed E-state index contributed by atoms with van der Waals surface area (Å²) in [6, 6.07) is 8.12. The van der Waals surface area contributed by atoms with Crippen molar-refractivity contribution in [3.8, 4) is 5.75 Å². The zero-order valence-corrected chi connectivity index (χ0v) is 18.2. The second kappa shape index (κ2) is 9.25. The van der Waals surface area contributed by atoms with Crippen LogP contribution in [0.1, 0.15) is 43.6 Å². The van der Waals surface area contributed by atoms with Crippen molar-refractivity contribution in [3.63, 3.8) is 0 Å². The third-order valence-corrected chi connectivity index (χ3v) is 5.27. The molecule has 0 spiro atoms. The fourth-order valence-electron chi connectivity index (χ4n) is 3.72. The third kappa shape index (κ3) is 4.82. The molecule has 0 atom stereocenters.